The summed E-state index contributed by atoms with van der Waals surface area (Å²) in [5.74, 6) is 1.24. The Morgan fingerprint density at radius 1 is 1.37 bits per heavy atom. The third kappa shape index (κ3) is 2.40. The van der Waals surface area contributed by atoms with Gasteiger partial charge < -0.3 is 14.6 Å². The molecule has 1 aromatic carbocycles. The Hall–Kier alpha value is -0.970. The number of rotatable bonds is 4. The van der Waals surface area contributed by atoms with Gasteiger partial charge in [-0.2, -0.15) is 0 Å². The van der Waals surface area contributed by atoms with Crippen molar-refractivity contribution in [3.63, 3.8) is 0 Å². The molecule has 1 aromatic rings. The van der Waals surface area contributed by atoms with E-state index in [2.05, 4.69) is 4.90 Å². The van der Waals surface area contributed by atoms with Gasteiger partial charge in [-0.3, -0.25) is 4.90 Å². The van der Waals surface area contributed by atoms with E-state index < -0.39 is 5.60 Å². The van der Waals surface area contributed by atoms with E-state index in [9.17, 15) is 5.11 Å². The zero-order valence-electron chi connectivity index (χ0n) is 11.1. The molecule has 0 amide bonds. The normalized spacial score (nSPS) is 21.9. The van der Waals surface area contributed by atoms with Crippen molar-refractivity contribution in [2.75, 3.05) is 27.2 Å². The molecule has 3 rings (SSSR count). The highest BCUT2D eigenvalue weighted by Crippen LogP contribution is 2.52. The van der Waals surface area contributed by atoms with Gasteiger partial charge in [0, 0.05) is 29.7 Å². The lowest BCUT2D eigenvalue weighted by Crippen LogP contribution is -2.51. The monoisotopic (exact) mass is 283 g/mol. The molecule has 0 spiro atoms. The van der Waals surface area contributed by atoms with E-state index in [4.69, 9.17) is 21.1 Å². The first-order valence-corrected chi connectivity index (χ1v) is 6.85. The van der Waals surface area contributed by atoms with Crippen LogP contribution in [0.25, 0.3) is 0 Å². The summed E-state index contributed by atoms with van der Waals surface area (Å²) in [6.07, 6.45) is 1.65. The standard InChI is InChI=1S/C14H18ClNO3/c1-16-7-10(8-16)19-13-11(14(17)3-4-14)5-9(15)6-12(13)18-2/h5-6,10,17H,3-4,7-8H2,1-2H3. The molecular weight excluding hydrogens is 266 g/mol. The van der Waals surface area contributed by atoms with Crippen LogP contribution in [0.4, 0.5) is 0 Å². The Morgan fingerprint density at radius 3 is 2.58 bits per heavy atom. The molecule has 1 aliphatic heterocycles. The Labute approximate surface area is 117 Å². The van der Waals surface area contributed by atoms with Crippen LogP contribution >= 0.6 is 11.6 Å². The molecule has 5 heteroatoms. The molecule has 104 valence electrons. The van der Waals surface area contributed by atoms with Gasteiger partial charge in [0.25, 0.3) is 0 Å². The molecule has 0 unspecified atom stereocenters. The van der Waals surface area contributed by atoms with Crippen LogP contribution in [0, 0.1) is 0 Å². The average molecular weight is 284 g/mol. The van der Waals surface area contributed by atoms with Crippen LogP contribution in [0.1, 0.15) is 18.4 Å². The smallest absolute Gasteiger partial charge is 0.167 e. The van der Waals surface area contributed by atoms with Gasteiger partial charge in [-0.15, -0.1) is 0 Å². The highest BCUT2D eigenvalue weighted by atomic mass is 35.5. The predicted molar refractivity (Wildman–Crippen MR) is 73.0 cm³/mol. The molecule has 1 N–H and O–H groups in total. The largest absolute Gasteiger partial charge is 0.493 e. The number of benzene rings is 1. The zero-order valence-corrected chi connectivity index (χ0v) is 11.9. The van der Waals surface area contributed by atoms with Crippen molar-refractivity contribution >= 4 is 11.6 Å². The van der Waals surface area contributed by atoms with E-state index in [1.54, 1.807) is 19.2 Å². The average Bonchev–Trinajstić information content (AvgIpc) is 3.07. The zero-order chi connectivity index (χ0) is 13.6. The predicted octanol–water partition coefficient (Wildman–Crippen LogP) is 2.02. The summed E-state index contributed by atoms with van der Waals surface area (Å²) in [5, 5.41) is 10.9. The fraction of sp³-hybridized carbons (Fsp3) is 0.571. The number of halogens is 1. The summed E-state index contributed by atoms with van der Waals surface area (Å²) in [7, 11) is 3.64. The number of likely N-dealkylation sites (tertiary alicyclic amines) is 1. The summed E-state index contributed by atoms with van der Waals surface area (Å²) in [5.41, 5.74) is -0.0326. The molecular formula is C14H18ClNO3. The third-order valence-corrected chi connectivity index (χ3v) is 4.00. The number of likely N-dealkylation sites (N-methyl/N-ethyl adjacent to an activating group) is 1. The van der Waals surface area contributed by atoms with Gasteiger partial charge in [0.15, 0.2) is 11.5 Å². The number of nitrogens with zero attached hydrogens (tertiary/aromatic N) is 1. The first-order valence-electron chi connectivity index (χ1n) is 6.47. The Kier molecular flexibility index (Phi) is 3.12. The first kappa shape index (κ1) is 13.0. The molecule has 1 saturated carbocycles. The molecule has 1 aliphatic carbocycles. The van der Waals surface area contributed by atoms with Crippen molar-refractivity contribution in [3.8, 4) is 11.5 Å². The SMILES string of the molecule is COc1cc(Cl)cc(C2(O)CC2)c1OC1CN(C)C1. The summed E-state index contributed by atoms with van der Waals surface area (Å²) < 4.78 is 11.4. The fourth-order valence-corrected chi connectivity index (χ4v) is 2.67. The van der Waals surface area contributed by atoms with Crippen LogP contribution in [-0.4, -0.2) is 43.4 Å². The van der Waals surface area contributed by atoms with Crippen molar-refractivity contribution in [1.82, 2.24) is 4.90 Å². The van der Waals surface area contributed by atoms with Crippen LogP contribution in [-0.2, 0) is 5.60 Å². The van der Waals surface area contributed by atoms with Crippen molar-refractivity contribution in [3.05, 3.63) is 22.7 Å². The van der Waals surface area contributed by atoms with E-state index in [0.717, 1.165) is 31.5 Å². The van der Waals surface area contributed by atoms with Gasteiger partial charge in [-0.05, 0) is 26.0 Å². The van der Waals surface area contributed by atoms with Gasteiger partial charge in [-0.25, -0.2) is 0 Å². The van der Waals surface area contributed by atoms with Gasteiger partial charge >= 0.3 is 0 Å². The van der Waals surface area contributed by atoms with Crippen molar-refractivity contribution in [2.45, 2.75) is 24.5 Å². The first-order chi connectivity index (χ1) is 9.01. The summed E-state index contributed by atoms with van der Waals surface area (Å²) in [6.45, 7) is 1.79. The molecule has 0 bridgehead atoms. The van der Waals surface area contributed by atoms with Crippen LogP contribution in [0.15, 0.2) is 12.1 Å². The van der Waals surface area contributed by atoms with Crippen LogP contribution in [0.2, 0.25) is 5.02 Å². The minimum absolute atomic E-state index is 0.154. The lowest BCUT2D eigenvalue weighted by Gasteiger charge is -2.37. The van der Waals surface area contributed by atoms with Crippen LogP contribution in [0.3, 0.4) is 0 Å². The quantitative estimate of drug-likeness (QED) is 0.918. The second kappa shape index (κ2) is 4.54. The second-order valence-electron chi connectivity index (χ2n) is 5.48. The summed E-state index contributed by atoms with van der Waals surface area (Å²) in [6, 6.07) is 3.52. The Balaban J connectivity index is 1.94. The number of hydrogen-bond acceptors (Lipinski definition) is 4. The lowest BCUT2D eigenvalue weighted by atomic mass is 10.1. The maximum Gasteiger partial charge on any atom is 0.167 e. The third-order valence-electron chi connectivity index (χ3n) is 3.78. The number of hydrogen-bond donors (Lipinski definition) is 1. The summed E-state index contributed by atoms with van der Waals surface area (Å²) in [4.78, 5) is 2.18. The molecule has 1 heterocycles. The number of aliphatic hydroxyl groups is 1. The number of ether oxygens (including phenoxy) is 2. The lowest BCUT2D eigenvalue weighted by molar-refractivity contribution is 0.0330. The Bertz CT molecular complexity index is 496. The fourth-order valence-electron chi connectivity index (χ4n) is 2.46. The van der Waals surface area contributed by atoms with Gasteiger partial charge in [0.2, 0.25) is 0 Å². The van der Waals surface area contributed by atoms with Crippen LogP contribution < -0.4 is 9.47 Å². The second-order valence-corrected chi connectivity index (χ2v) is 5.91. The van der Waals surface area contributed by atoms with Crippen molar-refractivity contribution < 1.29 is 14.6 Å². The topological polar surface area (TPSA) is 41.9 Å². The van der Waals surface area contributed by atoms with E-state index in [-0.39, 0.29) is 6.10 Å². The van der Waals surface area contributed by atoms with Crippen LogP contribution in [0.5, 0.6) is 11.5 Å². The molecule has 1 saturated heterocycles. The molecule has 2 aliphatic rings. The molecule has 0 radical (unpaired) electrons. The minimum atomic E-state index is -0.789. The van der Waals surface area contributed by atoms with Gasteiger partial charge in [-0.1, -0.05) is 11.6 Å². The molecule has 4 nitrogen and oxygen atoms in total. The summed E-state index contributed by atoms with van der Waals surface area (Å²) >= 11 is 6.09. The highest BCUT2D eigenvalue weighted by molar-refractivity contribution is 6.30. The van der Waals surface area contributed by atoms with Gasteiger partial charge in [0.1, 0.15) is 6.10 Å². The molecule has 19 heavy (non-hydrogen) atoms. The van der Waals surface area contributed by atoms with E-state index in [0.29, 0.717) is 16.5 Å². The Morgan fingerprint density at radius 2 is 2.05 bits per heavy atom. The highest BCUT2D eigenvalue weighted by Gasteiger charge is 2.46. The maximum absolute atomic E-state index is 10.4. The molecule has 2 fully saturated rings. The molecule has 0 aromatic heterocycles. The molecule has 0 atom stereocenters. The van der Waals surface area contributed by atoms with E-state index in [1.807, 2.05) is 7.05 Å². The van der Waals surface area contributed by atoms with E-state index in [1.165, 1.54) is 0 Å². The minimum Gasteiger partial charge on any atom is -0.493 e. The van der Waals surface area contributed by atoms with Crippen molar-refractivity contribution in [2.24, 2.45) is 0 Å². The number of methoxy groups -OCH3 is 1. The van der Waals surface area contributed by atoms with E-state index >= 15 is 0 Å². The maximum atomic E-state index is 10.4. The van der Waals surface area contributed by atoms with Crippen molar-refractivity contribution in [1.29, 1.82) is 0 Å². The van der Waals surface area contributed by atoms with Gasteiger partial charge in [0.05, 0.1) is 12.7 Å².